The maximum absolute atomic E-state index is 12.7. The standard InChI is InChI=1S/C19H22N2O3S2/c1-12-20-15(10-25-12)11-26-17-5-3-2-4-16(17)18(22)21-14-8-6-13(7-9-14)19(23)24/h2-5,10,13-14H,6-9,11H2,1H3,(H,21,22)(H,23,24). The fraction of sp³-hybridized carbons (Fsp3) is 0.421. The summed E-state index contributed by atoms with van der Waals surface area (Å²) in [6.07, 6.45) is 2.69. The first-order chi connectivity index (χ1) is 12.5. The fourth-order valence-electron chi connectivity index (χ4n) is 3.15. The molecule has 0 spiro atoms. The SMILES string of the molecule is Cc1nc(CSc2ccccc2C(=O)NC2CCC(C(=O)O)CC2)cs1. The second kappa shape index (κ2) is 8.68. The first-order valence-corrected chi connectivity index (χ1v) is 10.6. The van der Waals surface area contributed by atoms with Crippen LogP contribution in [0.2, 0.25) is 0 Å². The lowest BCUT2D eigenvalue weighted by molar-refractivity contribution is -0.142. The molecule has 1 aromatic carbocycles. The van der Waals surface area contributed by atoms with Crippen molar-refractivity contribution in [2.75, 3.05) is 0 Å². The highest BCUT2D eigenvalue weighted by atomic mass is 32.2. The number of thiazole rings is 1. The van der Waals surface area contributed by atoms with Crippen molar-refractivity contribution in [2.45, 2.75) is 49.3 Å². The van der Waals surface area contributed by atoms with Crippen LogP contribution >= 0.6 is 23.1 Å². The van der Waals surface area contributed by atoms with Crippen LogP contribution in [-0.4, -0.2) is 28.0 Å². The molecule has 26 heavy (non-hydrogen) atoms. The smallest absolute Gasteiger partial charge is 0.306 e. The van der Waals surface area contributed by atoms with E-state index in [1.54, 1.807) is 23.1 Å². The summed E-state index contributed by atoms with van der Waals surface area (Å²) in [5.74, 6) is -0.346. The van der Waals surface area contributed by atoms with Gasteiger partial charge >= 0.3 is 5.97 Å². The molecule has 3 rings (SSSR count). The minimum Gasteiger partial charge on any atom is -0.481 e. The lowest BCUT2D eigenvalue weighted by Crippen LogP contribution is -2.38. The molecule has 1 aromatic heterocycles. The first-order valence-electron chi connectivity index (χ1n) is 8.69. The van der Waals surface area contributed by atoms with E-state index in [1.807, 2.05) is 36.6 Å². The molecule has 0 unspecified atom stereocenters. The third kappa shape index (κ3) is 4.86. The van der Waals surface area contributed by atoms with Crippen molar-refractivity contribution in [1.29, 1.82) is 0 Å². The number of carboxylic acid groups (broad SMARTS) is 1. The molecule has 0 radical (unpaired) electrons. The summed E-state index contributed by atoms with van der Waals surface area (Å²) in [5, 5.41) is 15.3. The fourth-order valence-corrected chi connectivity index (χ4v) is 4.81. The summed E-state index contributed by atoms with van der Waals surface area (Å²) < 4.78 is 0. The van der Waals surface area contributed by atoms with E-state index in [2.05, 4.69) is 10.3 Å². The van der Waals surface area contributed by atoms with Gasteiger partial charge < -0.3 is 10.4 Å². The van der Waals surface area contributed by atoms with E-state index in [0.29, 0.717) is 18.4 Å². The van der Waals surface area contributed by atoms with Crippen molar-refractivity contribution in [3.63, 3.8) is 0 Å². The largest absolute Gasteiger partial charge is 0.481 e. The number of carboxylic acids is 1. The normalized spacial score (nSPS) is 19.9. The molecule has 0 atom stereocenters. The Bertz CT molecular complexity index is 783. The van der Waals surface area contributed by atoms with Gasteiger partial charge in [0.2, 0.25) is 0 Å². The number of hydrogen-bond acceptors (Lipinski definition) is 5. The van der Waals surface area contributed by atoms with Crippen LogP contribution in [0.15, 0.2) is 34.5 Å². The van der Waals surface area contributed by atoms with E-state index in [-0.39, 0.29) is 17.9 Å². The van der Waals surface area contributed by atoms with Crippen LogP contribution in [0.3, 0.4) is 0 Å². The Morgan fingerprint density at radius 3 is 2.65 bits per heavy atom. The number of aromatic nitrogens is 1. The third-order valence-electron chi connectivity index (χ3n) is 4.59. The zero-order valence-electron chi connectivity index (χ0n) is 14.6. The van der Waals surface area contributed by atoms with Crippen LogP contribution in [0.25, 0.3) is 0 Å². The molecule has 1 amide bonds. The topological polar surface area (TPSA) is 79.3 Å². The Balaban J connectivity index is 1.60. The molecule has 2 N–H and O–H groups in total. The zero-order valence-corrected chi connectivity index (χ0v) is 16.2. The van der Waals surface area contributed by atoms with Crippen molar-refractivity contribution in [2.24, 2.45) is 5.92 Å². The van der Waals surface area contributed by atoms with E-state index in [9.17, 15) is 9.59 Å². The zero-order chi connectivity index (χ0) is 18.5. The van der Waals surface area contributed by atoms with Crippen LogP contribution in [-0.2, 0) is 10.5 Å². The number of hydrogen-bond donors (Lipinski definition) is 2. The number of rotatable bonds is 6. The van der Waals surface area contributed by atoms with Gasteiger partial charge in [0.15, 0.2) is 0 Å². The Morgan fingerprint density at radius 1 is 1.27 bits per heavy atom. The van der Waals surface area contributed by atoms with Crippen molar-refractivity contribution in [1.82, 2.24) is 10.3 Å². The van der Waals surface area contributed by atoms with Crippen molar-refractivity contribution in [3.8, 4) is 0 Å². The number of thioether (sulfide) groups is 1. The number of carbonyl (C=O) groups excluding carboxylic acids is 1. The molecule has 0 bridgehead atoms. The Morgan fingerprint density at radius 2 is 2.00 bits per heavy atom. The van der Waals surface area contributed by atoms with Gasteiger partial charge in [0.25, 0.3) is 5.91 Å². The third-order valence-corrected chi connectivity index (χ3v) is 6.51. The van der Waals surface area contributed by atoms with Crippen molar-refractivity contribution < 1.29 is 14.7 Å². The number of nitrogens with zero attached hydrogens (tertiary/aromatic N) is 1. The molecule has 138 valence electrons. The van der Waals surface area contributed by atoms with Gasteiger partial charge in [-0.25, -0.2) is 4.98 Å². The first kappa shape index (κ1) is 18.9. The highest BCUT2D eigenvalue weighted by molar-refractivity contribution is 7.98. The molecule has 5 nitrogen and oxygen atoms in total. The van der Waals surface area contributed by atoms with E-state index in [4.69, 9.17) is 5.11 Å². The number of benzene rings is 1. The van der Waals surface area contributed by atoms with E-state index >= 15 is 0 Å². The van der Waals surface area contributed by atoms with E-state index in [1.165, 1.54) is 0 Å². The Hall–Kier alpha value is -1.86. The number of aryl methyl sites for hydroxylation is 1. The molecular weight excluding hydrogens is 368 g/mol. The highest BCUT2D eigenvalue weighted by Gasteiger charge is 2.27. The average molecular weight is 391 g/mol. The monoisotopic (exact) mass is 390 g/mol. The molecule has 0 aliphatic heterocycles. The van der Waals surface area contributed by atoms with Gasteiger partial charge in [-0.05, 0) is 44.7 Å². The number of aliphatic carboxylic acids is 1. The molecule has 1 aliphatic carbocycles. The highest BCUT2D eigenvalue weighted by Crippen LogP contribution is 2.28. The van der Waals surface area contributed by atoms with Gasteiger partial charge in [0.1, 0.15) is 0 Å². The predicted octanol–water partition coefficient (Wildman–Crippen LogP) is 4.12. The molecule has 1 fully saturated rings. The summed E-state index contributed by atoms with van der Waals surface area (Å²) in [7, 11) is 0. The Kier molecular flexibility index (Phi) is 6.32. The van der Waals surface area contributed by atoms with Gasteiger partial charge in [0, 0.05) is 22.1 Å². The van der Waals surface area contributed by atoms with Crippen LogP contribution in [0.4, 0.5) is 0 Å². The van der Waals surface area contributed by atoms with Crippen LogP contribution in [0, 0.1) is 12.8 Å². The number of carbonyl (C=O) groups is 2. The van der Waals surface area contributed by atoms with Gasteiger partial charge in [-0.2, -0.15) is 0 Å². The number of amides is 1. The quantitative estimate of drug-likeness (QED) is 0.726. The van der Waals surface area contributed by atoms with Gasteiger partial charge in [-0.15, -0.1) is 23.1 Å². The van der Waals surface area contributed by atoms with Crippen LogP contribution in [0.5, 0.6) is 0 Å². The maximum Gasteiger partial charge on any atom is 0.306 e. The summed E-state index contributed by atoms with van der Waals surface area (Å²) in [6, 6.07) is 7.65. The lowest BCUT2D eigenvalue weighted by atomic mass is 9.86. The molecular formula is C19H22N2O3S2. The molecule has 1 saturated carbocycles. The average Bonchev–Trinajstić information content (AvgIpc) is 3.06. The summed E-state index contributed by atoms with van der Waals surface area (Å²) >= 11 is 3.24. The number of nitrogens with one attached hydrogen (secondary N) is 1. The second-order valence-corrected chi connectivity index (χ2v) is 8.58. The van der Waals surface area contributed by atoms with Crippen LogP contribution < -0.4 is 5.32 Å². The van der Waals surface area contributed by atoms with Crippen LogP contribution in [0.1, 0.15) is 46.7 Å². The van der Waals surface area contributed by atoms with E-state index < -0.39 is 5.97 Å². The van der Waals surface area contributed by atoms with Gasteiger partial charge in [-0.3, -0.25) is 9.59 Å². The van der Waals surface area contributed by atoms with Gasteiger partial charge in [0.05, 0.1) is 22.2 Å². The summed E-state index contributed by atoms with van der Waals surface area (Å²) in [5.41, 5.74) is 1.70. The summed E-state index contributed by atoms with van der Waals surface area (Å²) in [6.45, 7) is 1.99. The molecule has 0 saturated heterocycles. The van der Waals surface area contributed by atoms with Crippen molar-refractivity contribution in [3.05, 3.63) is 45.9 Å². The second-order valence-electron chi connectivity index (χ2n) is 6.50. The summed E-state index contributed by atoms with van der Waals surface area (Å²) in [4.78, 5) is 29.2. The molecule has 1 heterocycles. The molecule has 1 aliphatic rings. The van der Waals surface area contributed by atoms with Crippen molar-refractivity contribution >= 4 is 35.0 Å². The molecule has 2 aromatic rings. The van der Waals surface area contributed by atoms with Gasteiger partial charge in [-0.1, -0.05) is 12.1 Å². The van der Waals surface area contributed by atoms with E-state index in [0.717, 1.165) is 34.2 Å². The predicted molar refractivity (Wildman–Crippen MR) is 104 cm³/mol. The minimum atomic E-state index is -0.728. The maximum atomic E-state index is 12.7. The Labute approximate surface area is 161 Å². The lowest BCUT2D eigenvalue weighted by Gasteiger charge is -2.27. The molecule has 7 heteroatoms. The minimum absolute atomic E-state index is 0.0531.